The Morgan fingerprint density at radius 2 is 1.77 bits per heavy atom. The first kappa shape index (κ1) is 26.3. The highest BCUT2D eigenvalue weighted by Gasteiger charge is 2.21. The largest absolute Gasteiger partial charge is 0.611 e. The number of anilines is 1. The van der Waals surface area contributed by atoms with Crippen molar-refractivity contribution in [3.8, 4) is 11.3 Å². The summed E-state index contributed by atoms with van der Waals surface area (Å²) in [7, 11) is 5.78. The number of nitrogens with two attached hydrogens (primary N) is 1. The standard InChI is InChI=1S/C25H31N7O2S/c1-16(15-32(3)4)35(33)20-11-9-18(10-12-20)21-14-30-23(26)22(31-21)25(28)34-24(27)19-7-5-17(6-8-19)13-29-2/h5-12,14,16,27-29H,13,15H2,1-4H3,(H2,26,30). The summed E-state index contributed by atoms with van der Waals surface area (Å²) in [6.07, 6.45) is 1.51. The molecule has 0 saturated carbocycles. The van der Waals surface area contributed by atoms with E-state index < -0.39 is 11.2 Å². The summed E-state index contributed by atoms with van der Waals surface area (Å²) in [5.41, 5.74) is 8.84. The summed E-state index contributed by atoms with van der Waals surface area (Å²) >= 11 is -1.14. The van der Waals surface area contributed by atoms with Crippen molar-refractivity contribution in [1.82, 2.24) is 20.2 Å². The van der Waals surface area contributed by atoms with Gasteiger partial charge in [0.2, 0.25) is 11.8 Å². The third-order valence-electron chi connectivity index (χ3n) is 5.19. The molecule has 2 aromatic carbocycles. The van der Waals surface area contributed by atoms with Crippen molar-refractivity contribution in [2.24, 2.45) is 0 Å². The Balaban J connectivity index is 1.74. The molecule has 3 rings (SSSR count). The van der Waals surface area contributed by atoms with E-state index in [4.69, 9.17) is 21.3 Å². The molecule has 184 valence electrons. The predicted molar refractivity (Wildman–Crippen MR) is 140 cm³/mol. The Kier molecular flexibility index (Phi) is 8.94. The van der Waals surface area contributed by atoms with Crippen LogP contribution in [0, 0.1) is 10.8 Å². The van der Waals surface area contributed by atoms with Crippen LogP contribution >= 0.6 is 0 Å². The van der Waals surface area contributed by atoms with Crippen LogP contribution in [0.4, 0.5) is 5.82 Å². The number of nitrogen functional groups attached to an aromatic ring is 1. The molecule has 0 aliphatic rings. The van der Waals surface area contributed by atoms with Crippen molar-refractivity contribution in [2.45, 2.75) is 23.6 Å². The Labute approximate surface area is 208 Å². The van der Waals surface area contributed by atoms with Crippen LogP contribution < -0.4 is 11.1 Å². The molecule has 0 amide bonds. The van der Waals surface area contributed by atoms with Crippen LogP contribution in [0.2, 0.25) is 0 Å². The number of nitrogens with one attached hydrogen (secondary N) is 3. The van der Waals surface area contributed by atoms with Gasteiger partial charge in [0, 0.05) is 24.2 Å². The van der Waals surface area contributed by atoms with Crippen molar-refractivity contribution in [3.05, 3.63) is 71.5 Å². The lowest BCUT2D eigenvalue weighted by atomic mass is 10.1. The average Bonchev–Trinajstić information content (AvgIpc) is 2.84. The number of nitrogens with zero attached hydrogens (tertiary/aromatic N) is 3. The summed E-state index contributed by atoms with van der Waals surface area (Å²) in [6.45, 7) is 3.40. The molecule has 10 heteroatoms. The third kappa shape index (κ3) is 6.86. The quantitative estimate of drug-likeness (QED) is 0.204. The molecule has 0 bridgehead atoms. The lowest BCUT2D eigenvalue weighted by Gasteiger charge is -2.21. The maximum absolute atomic E-state index is 12.8. The summed E-state index contributed by atoms with van der Waals surface area (Å²) < 4.78 is 18.2. The summed E-state index contributed by atoms with van der Waals surface area (Å²) in [6, 6.07) is 14.6. The molecule has 0 fully saturated rings. The highest BCUT2D eigenvalue weighted by Crippen LogP contribution is 2.23. The zero-order valence-electron chi connectivity index (χ0n) is 20.3. The molecule has 3 aromatic rings. The molecule has 0 aliphatic heterocycles. The van der Waals surface area contributed by atoms with E-state index in [2.05, 4.69) is 15.3 Å². The van der Waals surface area contributed by atoms with Gasteiger partial charge in [-0.25, -0.2) is 9.97 Å². The number of ether oxygens (including phenoxy) is 1. The molecule has 1 heterocycles. The van der Waals surface area contributed by atoms with Gasteiger partial charge in [-0.05, 0) is 81.2 Å². The Morgan fingerprint density at radius 1 is 1.11 bits per heavy atom. The zero-order valence-corrected chi connectivity index (χ0v) is 21.1. The van der Waals surface area contributed by atoms with Gasteiger partial charge in [-0.15, -0.1) is 0 Å². The van der Waals surface area contributed by atoms with Crippen LogP contribution in [0.3, 0.4) is 0 Å². The predicted octanol–water partition coefficient (Wildman–Crippen LogP) is 2.87. The minimum Gasteiger partial charge on any atom is -0.611 e. The highest BCUT2D eigenvalue weighted by molar-refractivity contribution is 7.92. The molecular formula is C25H31N7O2S. The summed E-state index contributed by atoms with van der Waals surface area (Å²) in [5.74, 6) is -0.515. The zero-order chi connectivity index (χ0) is 25.5. The molecule has 0 saturated heterocycles. The van der Waals surface area contributed by atoms with Crippen LogP contribution in [-0.4, -0.2) is 64.2 Å². The van der Waals surface area contributed by atoms with Crippen LogP contribution in [0.5, 0.6) is 0 Å². The number of hydrogen-bond donors (Lipinski definition) is 4. The van der Waals surface area contributed by atoms with Crippen LogP contribution in [0.25, 0.3) is 11.3 Å². The SMILES string of the molecule is CNCc1ccc(C(=N)OC(=N)c2nc(-c3ccc([S+]([O-])C(C)CN(C)C)cc3)cnc2N)cc1. The maximum atomic E-state index is 12.8. The van der Waals surface area contributed by atoms with Crippen LogP contribution in [0.15, 0.2) is 59.6 Å². The van der Waals surface area contributed by atoms with E-state index in [1.165, 1.54) is 6.20 Å². The summed E-state index contributed by atoms with van der Waals surface area (Å²) in [5, 5.41) is 19.6. The number of aromatic nitrogens is 2. The maximum Gasteiger partial charge on any atom is 0.243 e. The normalized spacial score (nSPS) is 12.9. The number of hydrogen-bond acceptors (Lipinski definition) is 9. The molecule has 2 unspecified atom stereocenters. The molecular weight excluding hydrogens is 462 g/mol. The fraction of sp³-hybridized carbons (Fsp3) is 0.280. The van der Waals surface area contributed by atoms with E-state index in [0.717, 1.165) is 29.1 Å². The van der Waals surface area contributed by atoms with Gasteiger partial charge in [0.05, 0.1) is 11.9 Å². The van der Waals surface area contributed by atoms with Gasteiger partial charge in [-0.1, -0.05) is 12.1 Å². The topological polar surface area (TPSA) is 147 Å². The first-order chi connectivity index (χ1) is 16.7. The van der Waals surface area contributed by atoms with Crippen LogP contribution in [-0.2, 0) is 22.5 Å². The van der Waals surface area contributed by atoms with Crippen molar-refractivity contribution < 1.29 is 9.29 Å². The van der Waals surface area contributed by atoms with Gasteiger partial charge in [0.15, 0.2) is 16.4 Å². The second-order valence-electron chi connectivity index (χ2n) is 8.37. The Hall–Kier alpha value is -3.31. The first-order valence-electron chi connectivity index (χ1n) is 11.1. The molecule has 9 nitrogen and oxygen atoms in total. The average molecular weight is 494 g/mol. The third-order valence-corrected chi connectivity index (χ3v) is 6.80. The Bertz CT molecular complexity index is 1170. The molecule has 5 N–H and O–H groups in total. The fourth-order valence-corrected chi connectivity index (χ4v) is 4.77. The van der Waals surface area contributed by atoms with E-state index in [1.54, 1.807) is 12.1 Å². The van der Waals surface area contributed by atoms with E-state index in [0.29, 0.717) is 11.3 Å². The molecule has 1 aromatic heterocycles. The van der Waals surface area contributed by atoms with Crippen molar-refractivity contribution >= 4 is 28.8 Å². The van der Waals surface area contributed by atoms with Gasteiger partial charge in [-0.3, -0.25) is 10.8 Å². The van der Waals surface area contributed by atoms with E-state index in [1.807, 2.05) is 69.4 Å². The molecule has 2 atom stereocenters. The minimum atomic E-state index is -1.14. The van der Waals surface area contributed by atoms with Gasteiger partial charge in [-0.2, -0.15) is 0 Å². The molecule has 0 aliphatic carbocycles. The lowest BCUT2D eigenvalue weighted by molar-refractivity contribution is 0.405. The smallest absolute Gasteiger partial charge is 0.243 e. The van der Waals surface area contributed by atoms with Crippen molar-refractivity contribution in [1.29, 1.82) is 10.8 Å². The van der Waals surface area contributed by atoms with E-state index >= 15 is 0 Å². The van der Waals surface area contributed by atoms with E-state index in [-0.39, 0.29) is 28.6 Å². The summed E-state index contributed by atoms with van der Waals surface area (Å²) in [4.78, 5) is 11.4. The van der Waals surface area contributed by atoms with Gasteiger partial charge in [0.1, 0.15) is 5.25 Å². The molecule has 0 spiro atoms. The first-order valence-corrected chi connectivity index (χ1v) is 12.3. The van der Waals surface area contributed by atoms with Crippen molar-refractivity contribution in [3.63, 3.8) is 0 Å². The second kappa shape index (κ2) is 11.9. The Morgan fingerprint density at radius 3 is 2.37 bits per heavy atom. The van der Waals surface area contributed by atoms with Gasteiger partial charge >= 0.3 is 0 Å². The van der Waals surface area contributed by atoms with Gasteiger partial charge in [0.25, 0.3) is 0 Å². The fourth-order valence-electron chi connectivity index (χ4n) is 3.47. The van der Waals surface area contributed by atoms with Crippen molar-refractivity contribution in [2.75, 3.05) is 33.4 Å². The number of rotatable bonds is 9. The molecule has 35 heavy (non-hydrogen) atoms. The highest BCUT2D eigenvalue weighted by atomic mass is 32.2. The van der Waals surface area contributed by atoms with Gasteiger partial charge < -0.3 is 25.2 Å². The van der Waals surface area contributed by atoms with Crippen LogP contribution in [0.1, 0.15) is 23.7 Å². The van der Waals surface area contributed by atoms with E-state index in [9.17, 15) is 4.55 Å². The number of benzene rings is 2. The second-order valence-corrected chi connectivity index (χ2v) is 10.2. The minimum absolute atomic E-state index is 0.00813. The molecule has 0 radical (unpaired) electrons. The lowest BCUT2D eigenvalue weighted by Crippen LogP contribution is -2.30. The monoisotopic (exact) mass is 493 g/mol.